The number of hydrogen-bond donors (Lipinski definition) is 0. The summed E-state index contributed by atoms with van der Waals surface area (Å²) in [5.41, 5.74) is -0.392. The van der Waals surface area contributed by atoms with E-state index in [0.29, 0.717) is 29.5 Å². The number of aromatic nitrogens is 4. The number of carbonyl (C=O) groups excluding carboxylic acids is 1. The van der Waals surface area contributed by atoms with Gasteiger partial charge in [0, 0.05) is 18.9 Å². The van der Waals surface area contributed by atoms with Gasteiger partial charge in [0.25, 0.3) is 11.5 Å². The Bertz CT molecular complexity index is 1110. The Morgan fingerprint density at radius 1 is 1.21 bits per heavy atom. The number of carbonyl (C=O) groups is 1. The Labute approximate surface area is 162 Å². The van der Waals surface area contributed by atoms with Crippen molar-refractivity contribution in [1.82, 2.24) is 24.4 Å². The van der Waals surface area contributed by atoms with Gasteiger partial charge < -0.3 is 4.90 Å². The van der Waals surface area contributed by atoms with Crippen LogP contribution in [0.15, 0.2) is 47.7 Å². The molecule has 1 aromatic carbocycles. The molecule has 150 valence electrons. The lowest BCUT2D eigenvalue weighted by Crippen LogP contribution is -2.38. The summed E-state index contributed by atoms with van der Waals surface area (Å²) >= 11 is 0. The van der Waals surface area contributed by atoms with Gasteiger partial charge in [-0.3, -0.25) is 19.1 Å². The van der Waals surface area contributed by atoms with Gasteiger partial charge in [0.2, 0.25) is 0 Å². The Morgan fingerprint density at radius 3 is 2.72 bits per heavy atom. The minimum atomic E-state index is -4.61. The summed E-state index contributed by atoms with van der Waals surface area (Å²) in [5.74, 6) is -0.526. The van der Waals surface area contributed by atoms with Gasteiger partial charge in [0.15, 0.2) is 0 Å². The molecule has 4 rings (SSSR count). The van der Waals surface area contributed by atoms with E-state index in [-0.39, 0.29) is 16.9 Å². The number of alkyl halides is 3. The minimum Gasteiger partial charge on any atom is -0.327 e. The van der Waals surface area contributed by atoms with Crippen molar-refractivity contribution in [2.24, 2.45) is 0 Å². The van der Waals surface area contributed by atoms with Gasteiger partial charge in [-0.1, -0.05) is 12.1 Å². The molecule has 0 spiro atoms. The van der Waals surface area contributed by atoms with E-state index in [2.05, 4.69) is 15.0 Å². The zero-order valence-electron chi connectivity index (χ0n) is 15.1. The average molecular weight is 403 g/mol. The third-order valence-corrected chi connectivity index (χ3v) is 4.82. The molecule has 10 heteroatoms. The molecule has 7 nitrogen and oxygen atoms in total. The van der Waals surface area contributed by atoms with Crippen molar-refractivity contribution >= 4 is 16.8 Å². The molecule has 0 aliphatic carbocycles. The van der Waals surface area contributed by atoms with Crippen molar-refractivity contribution in [2.45, 2.75) is 31.6 Å². The van der Waals surface area contributed by atoms with Crippen molar-refractivity contribution in [1.29, 1.82) is 0 Å². The number of hydrogen-bond acceptors (Lipinski definition) is 5. The van der Waals surface area contributed by atoms with Crippen molar-refractivity contribution in [2.75, 3.05) is 6.54 Å². The molecule has 1 fully saturated rings. The van der Waals surface area contributed by atoms with Gasteiger partial charge in [-0.05, 0) is 25.0 Å². The smallest absolute Gasteiger partial charge is 0.327 e. The Morgan fingerprint density at radius 2 is 2.00 bits per heavy atom. The standard InChI is InChI=1S/C19H16F3N5O2/c20-19(21,22)11-27-16(25-13-5-2-1-4-12(13)17(27)28)15-6-3-9-26(15)18(29)14-10-23-7-8-24-14/h1-2,4-5,7-8,10,15H,3,6,9,11H2. The zero-order valence-corrected chi connectivity index (χ0v) is 15.1. The van der Waals surface area contributed by atoms with Gasteiger partial charge in [-0.2, -0.15) is 13.2 Å². The van der Waals surface area contributed by atoms with Crippen LogP contribution < -0.4 is 5.56 Å². The maximum absolute atomic E-state index is 13.2. The first-order chi connectivity index (χ1) is 13.8. The molecule has 1 amide bonds. The van der Waals surface area contributed by atoms with E-state index in [1.807, 2.05) is 0 Å². The van der Waals surface area contributed by atoms with Crippen LogP contribution in [0.1, 0.15) is 35.2 Å². The number of nitrogens with zero attached hydrogens (tertiary/aromatic N) is 5. The topological polar surface area (TPSA) is 81.0 Å². The first-order valence-corrected chi connectivity index (χ1v) is 8.98. The monoisotopic (exact) mass is 403 g/mol. The maximum Gasteiger partial charge on any atom is 0.406 e. The highest BCUT2D eigenvalue weighted by molar-refractivity contribution is 5.92. The molecule has 0 N–H and O–H groups in total. The molecule has 3 heterocycles. The van der Waals surface area contributed by atoms with Crippen LogP contribution >= 0.6 is 0 Å². The molecule has 0 bridgehead atoms. The van der Waals surface area contributed by atoms with E-state index < -0.39 is 30.2 Å². The Balaban J connectivity index is 1.84. The van der Waals surface area contributed by atoms with Gasteiger partial charge in [0.05, 0.1) is 23.1 Å². The van der Waals surface area contributed by atoms with Crippen molar-refractivity contribution < 1.29 is 18.0 Å². The van der Waals surface area contributed by atoms with Crippen LogP contribution in [0.4, 0.5) is 13.2 Å². The predicted octanol–water partition coefficient (Wildman–Crippen LogP) is 2.73. The molecule has 1 aliphatic heterocycles. The SMILES string of the molecule is O=C(c1cnccn1)N1CCCC1c1nc2ccccc2c(=O)n1CC(F)(F)F. The second kappa shape index (κ2) is 7.26. The molecular formula is C19H16F3N5O2. The molecule has 1 atom stereocenters. The molecule has 2 aromatic heterocycles. The van der Waals surface area contributed by atoms with Crippen LogP contribution in [0.3, 0.4) is 0 Å². The second-order valence-corrected chi connectivity index (χ2v) is 6.74. The highest BCUT2D eigenvalue weighted by Gasteiger charge is 2.37. The van der Waals surface area contributed by atoms with Crippen LogP contribution in [0, 0.1) is 0 Å². The van der Waals surface area contributed by atoms with Crippen LogP contribution in [-0.4, -0.2) is 43.0 Å². The number of benzene rings is 1. The van der Waals surface area contributed by atoms with E-state index >= 15 is 0 Å². The van der Waals surface area contributed by atoms with E-state index in [4.69, 9.17) is 0 Å². The fraction of sp³-hybridized carbons (Fsp3) is 0.316. The number of para-hydroxylation sites is 1. The van der Waals surface area contributed by atoms with E-state index in [9.17, 15) is 22.8 Å². The summed E-state index contributed by atoms with van der Waals surface area (Å²) in [4.78, 5) is 39.3. The normalized spacial score (nSPS) is 17.1. The summed E-state index contributed by atoms with van der Waals surface area (Å²) in [6.45, 7) is -1.14. The van der Waals surface area contributed by atoms with E-state index in [1.165, 1.54) is 29.6 Å². The molecule has 0 radical (unpaired) electrons. The third kappa shape index (κ3) is 3.69. The maximum atomic E-state index is 13.2. The molecule has 1 aliphatic rings. The first-order valence-electron chi connectivity index (χ1n) is 8.98. The lowest BCUT2D eigenvalue weighted by Gasteiger charge is -2.26. The number of rotatable bonds is 3. The second-order valence-electron chi connectivity index (χ2n) is 6.74. The zero-order chi connectivity index (χ0) is 20.6. The molecule has 0 saturated carbocycles. The lowest BCUT2D eigenvalue weighted by molar-refractivity contribution is -0.141. The van der Waals surface area contributed by atoms with Gasteiger partial charge in [-0.25, -0.2) is 9.97 Å². The number of fused-ring (bicyclic) bond motifs is 1. The highest BCUT2D eigenvalue weighted by Crippen LogP contribution is 2.33. The quantitative estimate of drug-likeness (QED) is 0.672. The predicted molar refractivity (Wildman–Crippen MR) is 97.1 cm³/mol. The van der Waals surface area contributed by atoms with Gasteiger partial charge >= 0.3 is 6.18 Å². The molecule has 1 unspecified atom stereocenters. The average Bonchev–Trinajstić information content (AvgIpc) is 3.19. The van der Waals surface area contributed by atoms with Crippen molar-refractivity contribution in [3.05, 3.63) is 64.7 Å². The number of likely N-dealkylation sites (tertiary alicyclic amines) is 1. The minimum absolute atomic E-state index is 0.0687. The molecule has 29 heavy (non-hydrogen) atoms. The number of amides is 1. The van der Waals surface area contributed by atoms with E-state index in [1.54, 1.807) is 18.2 Å². The number of halogens is 3. The van der Waals surface area contributed by atoms with Gasteiger partial charge in [-0.15, -0.1) is 0 Å². The Kier molecular flexibility index (Phi) is 4.77. The largest absolute Gasteiger partial charge is 0.406 e. The molecule has 3 aromatic rings. The fourth-order valence-electron chi connectivity index (χ4n) is 3.61. The van der Waals surface area contributed by atoms with Crippen molar-refractivity contribution in [3.8, 4) is 0 Å². The summed E-state index contributed by atoms with van der Waals surface area (Å²) in [6.07, 6.45) is 0.450. The van der Waals surface area contributed by atoms with Crippen LogP contribution in [0.5, 0.6) is 0 Å². The van der Waals surface area contributed by atoms with Gasteiger partial charge in [0.1, 0.15) is 18.1 Å². The van der Waals surface area contributed by atoms with Crippen LogP contribution in [-0.2, 0) is 6.54 Å². The fourth-order valence-corrected chi connectivity index (χ4v) is 3.61. The van der Waals surface area contributed by atoms with Crippen molar-refractivity contribution in [3.63, 3.8) is 0 Å². The van der Waals surface area contributed by atoms with E-state index in [0.717, 1.165) is 0 Å². The summed E-state index contributed by atoms with van der Waals surface area (Å²) in [5, 5.41) is 0.102. The third-order valence-electron chi connectivity index (χ3n) is 4.82. The Hall–Kier alpha value is -3.30. The molecule has 1 saturated heterocycles. The lowest BCUT2D eigenvalue weighted by atomic mass is 10.1. The summed E-state index contributed by atoms with van der Waals surface area (Å²) in [7, 11) is 0. The van der Waals surface area contributed by atoms with Crippen LogP contribution in [0.2, 0.25) is 0 Å². The summed E-state index contributed by atoms with van der Waals surface area (Å²) in [6, 6.07) is 5.48. The highest BCUT2D eigenvalue weighted by atomic mass is 19.4. The first kappa shape index (κ1) is 19.0. The summed E-state index contributed by atoms with van der Waals surface area (Å²) < 4.78 is 40.3. The van der Waals surface area contributed by atoms with Crippen LogP contribution in [0.25, 0.3) is 10.9 Å². The molecular weight excluding hydrogens is 387 g/mol.